The van der Waals surface area contributed by atoms with E-state index >= 15 is 0 Å². The van der Waals surface area contributed by atoms with Gasteiger partial charge in [-0.2, -0.15) is 0 Å². The highest BCUT2D eigenvalue weighted by Gasteiger charge is 2.28. The van der Waals surface area contributed by atoms with Crippen LogP contribution in [0.1, 0.15) is 12.5 Å². The van der Waals surface area contributed by atoms with Gasteiger partial charge in [-0.1, -0.05) is 19.1 Å². The largest absolute Gasteiger partial charge is 0.166 e. The Hall–Kier alpha value is -0.530. The zero-order valence-corrected chi connectivity index (χ0v) is 17.9. The minimum absolute atomic E-state index is 0.0481. The van der Waals surface area contributed by atoms with Gasteiger partial charge < -0.3 is 0 Å². The van der Waals surface area contributed by atoms with Crippen LogP contribution >= 0.6 is 45.2 Å². The summed E-state index contributed by atoms with van der Waals surface area (Å²) < 4.78 is 2.55. The average molecular weight is 543 g/mol. The Labute approximate surface area is 168 Å². The van der Waals surface area contributed by atoms with Crippen LogP contribution in [0.15, 0.2) is 87.5 Å². The van der Waals surface area contributed by atoms with E-state index in [4.69, 9.17) is 0 Å². The molecule has 0 spiro atoms. The maximum absolute atomic E-state index is 2.37. The first kappa shape index (κ1) is 17.3. The molecule has 0 atom stereocenters. The van der Waals surface area contributed by atoms with Crippen LogP contribution in [0, 0.1) is 7.14 Å². The molecule has 0 aromatic heterocycles. The predicted molar refractivity (Wildman–Crippen MR) is 116 cm³/mol. The van der Waals surface area contributed by atoms with Crippen LogP contribution in [0.3, 0.4) is 0 Å². The summed E-state index contributed by atoms with van der Waals surface area (Å²) in [5, 5.41) is 0. The van der Waals surface area contributed by atoms with Gasteiger partial charge in [0.2, 0.25) is 0 Å². The zero-order valence-electron chi connectivity index (χ0n) is 12.8. The van der Waals surface area contributed by atoms with Crippen molar-refractivity contribution in [2.75, 3.05) is 0 Å². The summed E-state index contributed by atoms with van der Waals surface area (Å²) in [6.45, 7) is 2.20. The Balaban J connectivity index is 2.08. The van der Waals surface area contributed by atoms with E-state index in [-0.39, 0.29) is 10.9 Å². The van der Waals surface area contributed by atoms with Crippen molar-refractivity contribution < 1.29 is 0 Å². The minimum atomic E-state index is -0.0481. The van der Waals surface area contributed by atoms with Gasteiger partial charge in [0.15, 0.2) is 14.7 Å². The van der Waals surface area contributed by atoms with Crippen molar-refractivity contribution in [2.45, 2.75) is 28.0 Å². The molecule has 0 aliphatic rings. The molecule has 0 saturated heterocycles. The van der Waals surface area contributed by atoms with Crippen LogP contribution in [-0.4, -0.2) is 0 Å². The Morgan fingerprint density at radius 2 is 0.957 bits per heavy atom. The average Bonchev–Trinajstić information content (AvgIpc) is 2.59. The first-order chi connectivity index (χ1) is 11.2. The molecular formula is C20H17I2S+. The maximum atomic E-state index is 2.37. The molecule has 0 fully saturated rings. The number of benzene rings is 3. The third kappa shape index (κ3) is 4.31. The summed E-state index contributed by atoms with van der Waals surface area (Å²) in [7, 11) is -0.0481. The van der Waals surface area contributed by atoms with Gasteiger partial charge in [0.1, 0.15) is 0 Å². The van der Waals surface area contributed by atoms with Gasteiger partial charge in [0, 0.05) is 7.14 Å². The standard InChI is InChI=1S/C20H17I2S/c1-2-15-3-9-18(10-4-15)23(19-11-5-16(21)6-12-19)20-13-7-17(22)8-14-20/h3-14H,2H2,1H3/q+1. The zero-order chi connectivity index (χ0) is 16.2. The molecule has 0 nitrogen and oxygen atoms in total. The summed E-state index contributed by atoms with van der Waals surface area (Å²) in [6.07, 6.45) is 1.08. The van der Waals surface area contributed by atoms with E-state index in [9.17, 15) is 0 Å². The minimum Gasteiger partial charge on any atom is -0.0613 e. The summed E-state index contributed by atoms with van der Waals surface area (Å²) in [5.41, 5.74) is 1.39. The van der Waals surface area contributed by atoms with Gasteiger partial charge in [0.05, 0.1) is 10.9 Å². The van der Waals surface area contributed by atoms with Crippen LogP contribution in [-0.2, 0) is 17.3 Å². The van der Waals surface area contributed by atoms with Crippen LogP contribution in [0.4, 0.5) is 0 Å². The number of hydrogen-bond donors (Lipinski definition) is 0. The van der Waals surface area contributed by atoms with Crippen LogP contribution in [0.2, 0.25) is 0 Å². The summed E-state index contributed by atoms with van der Waals surface area (Å²) in [5.74, 6) is 0. The molecule has 3 aromatic carbocycles. The highest BCUT2D eigenvalue weighted by molar-refractivity contribution is 14.1. The van der Waals surface area contributed by atoms with Crippen molar-refractivity contribution in [1.29, 1.82) is 0 Å². The highest BCUT2D eigenvalue weighted by Crippen LogP contribution is 2.32. The molecular weight excluding hydrogens is 526 g/mol. The normalized spacial score (nSPS) is 11.0. The van der Waals surface area contributed by atoms with Gasteiger partial charge in [-0.3, -0.25) is 0 Å². The van der Waals surface area contributed by atoms with E-state index in [0.29, 0.717) is 0 Å². The van der Waals surface area contributed by atoms with Gasteiger partial charge in [0.25, 0.3) is 0 Å². The van der Waals surface area contributed by atoms with E-state index in [1.54, 1.807) is 0 Å². The van der Waals surface area contributed by atoms with Crippen molar-refractivity contribution in [3.8, 4) is 0 Å². The first-order valence-corrected chi connectivity index (χ1v) is 10.9. The molecule has 0 aliphatic heterocycles. The Bertz CT molecular complexity index is 717. The number of hydrogen-bond acceptors (Lipinski definition) is 0. The van der Waals surface area contributed by atoms with Gasteiger partial charge in [-0.25, -0.2) is 0 Å². The van der Waals surface area contributed by atoms with Gasteiger partial charge in [-0.05, 0) is 118 Å². The molecule has 0 N–H and O–H groups in total. The van der Waals surface area contributed by atoms with Crippen molar-refractivity contribution in [3.05, 3.63) is 85.5 Å². The Kier molecular flexibility index (Phi) is 6.04. The fourth-order valence-corrected chi connectivity index (χ4v) is 5.17. The fraction of sp³-hybridized carbons (Fsp3) is 0.100. The lowest BCUT2D eigenvalue weighted by Gasteiger charge is -2.09. The smallest absolute Gasteiger partial charge is 0.0613 e. The lowest BCUT2D eigenvalue weighted by molar-refractivity contribution is 1.13. The summed E-state index contributed by atoms with van der Waals surface area (Å²) in [6, 6.07) is 26.9. The van der Waals surface area contributed by atoms with Crippen molar-refractivity contribution >= 4 is 56.1 Å². The third-order valence-corrected chi connectivity index (χ3v) is 7.34. The molecule has 0 radical (unpaired) electrons. The van der Waals surface area contributed by atoms with Gasteiger partial charge in [-0.15, -0.1) is 0 Å². The van der Waals surface area contributed by atoms with Gasteiger partial charge >= 0.3 is 0 Å². The number of halogens is 2. The maximum Gasteiger partial charge on any atom is 0.166 e. The molecule has 23 heavy (non-hydrogen) atoms. The molecule has 0 aliphatic carbocycles. The van der Waals surface area contributed by atoms with E-state index in [2.05, 4.69) is 125 Å². The first-order valence-electron chi connectivity index (χ1n) is 7.52. The number of aryl methyl sites for hydroxylation is 1. The van der Waals surface area contributed by atoms with E-state index in [0.717, 1.165) is 6.42 Å². The molecule has 3 rings (SSSR count). The fourth-order valence-electron chi connectivity index (χ4n) is 2.41. The lowest BCUT2D eigenvalue weighted by Crippen LogP contribution is -2.05. The van der Waals surface area contributed by atoms with Crippen molar-refractivity contribution in [1.82, 2.24) is 0 Å². The lowest BCUT2D eigenvalue weighted by atomic mass is 10.2. The summed E-state index contributed by atoms with van der Waals surface area (Å²) in [4.78, 5) is 4.12. The second-order valence-corrected chi connectivity index (χ2v) is 9.73. The molecule has 0 amide bonds. The van der Waals surface area contributed by atoms with E-state index in [1.807, 2.05) is 0 Å². The molecule has 0 heterocycles. The molecule has 0 saturated carbocycles. The molecule has 0 unspecified atom stereocenters. The molecule has 3 aromatic rings. The quantitative estimate of drug-likeness (QED) is 0.259. The molecule has 0 bridgehead atoms. The summed E-state index contributed by atoms with van der Waals surface area (Å²) >= 11 is 4.73. The SMILES string of the molecule is CCc1ccc([S+](c2ccc(I)cc2)c2ccc(I)cc2)cc1. The van der Waals surface area contributed by atoms with E-state index in [1.165, 1.54) is 27.4 Å². The van der Waals surface area contributed by atoms with Crippen molar-refractivity contribution in [2.24, 2.45) is 0 Å². The van der Waals surface area contributed by atoms with Crippen LogP contribution in [0.25, 0.3) is 0 Å². The van der Waals surface area contributed by atoms with Crippen LogP contribution < -0.4 is 0 Å². The number of rotatable bonds is 4. The monoisotopic (exact) mass is 543 g/mol. The van der Waals surface area contributed by atoms with Crippen LogP contribution in [0.5, 0.6) is 0 Å². The van der Waals surface area contributed by atoms with Crippen molar-refractivity contribution in [3.63, 3.8) is 0 Å². The van der Waals surface area contributed by atoms with E-state index < -0.39 is 0 Å². The molecule has 3 heteroatoms. The second kappa shape index (κ2) is 8.03. The Morgan fingerprint density at radius 3 is 1.30 bits per heavy atom. The topological polar surface area (TPSA) is 0 Å². The highest BCUT2D eigenvalue weighted by atomic mass is 127. The predicted octanol–water partition coefficient (Wildman–Crippen LogP) is 6.55. The third-order valence-electron chi connectivity index (χ3n) is 3.67. The second-order valence-electron chi connectivity index (χ2n) is 5.21. The Morgan fingerprint density at radius 1 is 0.609 bits per heavy atom. The molecule has 116 valence electrons.